The number of carbonyl (C=O) groups is 2. The third kappa shape index (κ3) is 4.32. The van der Waals surface area contributed by atoms with E-state index < -0.39 is 5.91 Å². The van der Waals surface area contributed by atoms with Crippen LogP contribution in [0.15, 0.2) is 24.3 Å². The standard InChI is InChI=1S/C18H25N3O2/c19-18(23)14-3-1-2-12(8-14)6-7-20-17(22)11-13-9-15-4-5-16(10-13)21-15/h1-3,8,13,15-16,21H,4-7,9-11H2,(H2,19,23)(H,20,22). The Morgan fingerprint density at radius 1 is 1.22 bits per heavy atom. The molecule has 0 spiro atoms. The molecule has 0 saturated carbocycles. The van der Waals surface area contributed by atoms with Crippen molar-refractivity contribution in [2.24, 2.45) is 11.7 Å². The van der Waals surface area contributed by atoms with Crippen LogP contribution in [0.1, 0.15) is 48.0 Å². The number of benzene rings is 1. The van der Waals surface area contributed by atoms with Gasteiger partial charge in [-0.15, -0.1) is 0 Å². The number of hydrogen-bond donors (Lipinski definition) is 3. The molecule has 23 heavy (non-hydrogen) atoms. The minimum Gasteiger partial charge on any atom is -0.366 e. The Labute approximate surface area is 137 Å². The van der Waals surface area contributed by atoms with Gasteiger partial charge >= 0.3 is 0 Å². The molecular weight excluding hydrogens is 290 g/mol. The maximum atomic E-state index is 12.1. The van der Waals surface area contributed by atoms with Gasteiger partial charge in [-0.25, -0.2) is 0 Å². The zero-order valence-corrected chi connectivity index (χ0v) is 13.4. The maximum absolute atomic E-state index is 12.1. The van der Waals surface area contributed by atoms with Crippen molar-refractivity contribution in [3.63, 3.8) is 0 Å². The Morgan fingerprint density at radius 2 is 1.96 bits per heavy atom. The lowest BCUT2D eigenvalue weighted by molar-refractivity contribution is -0.122. The molecule has 2 heterocycles. The summed E-state index contributed by atoms with van der Waals surface area (Å²) >= 11 is 0. The highest BCUT2D eigenvalue weighted by molar-refractivity contribution is 5.92. The average Bonchev–Trinajstić information content (AvgIpc) is 2.86. The Morgan fingerprint density at radius 3 is 2.65 bits per heavy atom. The topological polar surface area (TPSA) is 84.2 Å². The minimum atomic E-state index is -0.420. The molecule has 2 aliphatic rings. The molecule has 5 nitrogen and oxygen atoms in total. The first-order valence-electron chi connectivity index (χ1n) is 8.51. The van der Waals surface area contributed by atoms with Crippen LogP contribution in [-0.2, 0) is 11.2 Å². The minimum absolute atomic E-state index is 0.141. The van der Waals surface area contributed by atoms with E-state index in [1.165, 1.54) is 12.8 Å². The second-order valence-corrected chi connectivity index (χ2v) is 6.84. The molecule has 0 radical (unpaired) electrons. The molecule has 2 atom stereocenters. The fraction of sp³-hybridized carbons (Fsp3) is 0.556. The van der Waals surface area contributed by atoms with Crippen molar-refractivity contribution in [3.8, 4) is 0 Å². The summed E-state index contributed by atoms with van der Waals surface area (Å²) in [6.07, 6.45) is 6.13. The zero-order chi connectivity index (χ0) is 16.2. The van der Waals surface area contributed by atoms with Crippen molar-refractivity contribution in [2.75, 3.05) is 6.54 Å². The van der Waals surface area contributed by atoms with Crippen LogP contribution in [0.3, 0.4) is 0 Å². The lowest BCUT2D eigenvalue weighted by Gasteiger charge is -2.28. The molecule has 2 unspecified atom stereocenters. The molecule has 5 heteroatoms. The van der Waals surface area contributed by atoms with Crippen LogP contribution < -0.4 is 16.4 Å². The highest BCUT2D eigenvalue weighted by Crippen LogP contribution is 2.32. The molecule has 2 aliphatic heterocycles. The number of primary amides is 1. The summed E-state index contributed by atoms with van der Waals surface area (Å²) in [5, 5.41) is 6.60. The monoisotopic (exact) mass is 315 g/mol. The van der Waals surface area contributed by atoms with Gasteiger partial charge in [0.2, 0.25) is 11.8 Å². The molecule has 2 fully saturated rings. The molecule has 2 amide bonds. The summed E-state index contributed by atoms with van der Waals surface area (Å²) in [4.78, 5) is 23.3. The second kappa shape index (κ2) is 7.13. The molecule has 4 N–H and O–H groups in total. The van der Waals surface area contributed by atoms with Gasteiger partial charge in [0.15, 0.2) is 0 Å². The maximum Gasteiger partial charge on any atom is 0.248 e. The number of piperidine rings is 1. The normalized spacial score (nSPS) is 26.0. The van der Waals surface area contributed by atoms with Crippen LogP contribution >= 0.6 is 0 Å². The molecule has 2 saturated heterocycles. The van der Waals surface area contributed by atoms with E-state index in [0.717, 1.165) is 18.4 Å². The summed E-state index contributed by atoms with van der Waals surface area (Å²) in [6.45, 7) is 0.596. The van der Waals surface area contributed by atoms with Gasteiger partial charge < -0.3 is 16.4 Å². The van der Waals surface area contributed by atoms with Crippen LogP contribution in [-0.4, -0.2) is 30.4 Å². The van der Waals surface area contributed by atoms with Gasteiger partial charge in [0.25, 0.3) is 0 Å². The number of rotatable bonds is 6. The third-order valence-corrected chi connectivity index (χ3v) is 4.99. The van der Waals surface area contributed by atoms with Gasteiger partial charge in [0.05, 0.1) is 0 Å². The van der Waals surface area contributed by atoms with Gasteiger partial charge in [-0.3, -0.25) is 9.59 Å². The SMILES string of the molecule is NC(=O)c1cccc(CCNC(=O)CC2CC3CCC(C2)N3)c1. The van der Waals surface area contributed by atoms with E-state index in [-0.39, 0.29) is 5.91 Å². The van der Waals surface area contributed by atoms with Crippen molar-refractivity contribution in [2.45, 2.75) is 50.6 Å². The lowest BCUT2D eigenvalue weighted by Crippen LogP contribution is -2.39. The first-order chi connectivity index (χ1) is 11.1. The number of carbonyl (C=O) groups excluding carboxylic acids is 2. The number of fused-ring (bicyclic) bond motifs is 2. The van der Waals surface area contributed by atoms with E-state index in [1.807, 2.05) is 12.1 Å². The van der Waals surface area contributed by atoms with E-state index >= 15 is 0 Å². The largest absolute Gasteiger partial charge is 0.366 e. The Balaban J connectivity index is 1.41. The van der Waals surface area contributed by atoms with E-state index in [0.29, 0.717) is 43.0 Å². The predicted octanol–water partition coefficient (Wildman–Crippen LogP) is 1.36. The Hall–Kier alpha value is -1.88. The average molecular weight is 315 g/mol. The zero-order valence-electron chi connectivity index (χ0n) is 13.4. The summed E-state index contributed by atoms with van der Waals surface area (Å²) in [5.74, 6) is 0.241. The fourth-order valence-corrected chi connectivity index (χ4v) is 3.90. The van der Waals surface area contributed by atoms with Crippen LogP contribution in [0.2, 0.25) is 0 Å². The number of amides is 2. The van der Waals surface area contributed by atoms with E-state index in [9.17, 15) is 9.59 Å². The molecule has 0 aromatic heterocycles. The molecule has 1 aromatic rings. The molecule has 1 aromatic carbocycles. The van der Waals surface area contributed by atoms with Gasteiger partial charge in [0.1, 0.15) is 0 Å². The van der Waals surface area contributed by atoms with E-state index in [2.05, 4.69) is 10.6 Å². The van der Waals surface area contributed by atoms with Crippen molar-refractivity contribution in [3.05, 3.63) is 35.4 Å². The molecular formula is C18H25N3O2. The van der Waals surface area contributed by atoms with Gasteiger partial charge in [0, 0.05) is 30.6 Å². The molecule has 0 aliphatic carbocycles. The second-order valence-electron chi connectivity index (χ2n) is 6.84. The van der Waals surface area contributed by atoms with Crippen molar-refractivity contribution < 1.29 is 9.59 Å². The first-order valence-corrected chi connectivity index (χ1v) is 8.51. The van der Waals surface area contributed by atoms with Gasteiger partial charge in [-0.05, 0) is 55.7 Å². The van der Waals surface area contributed by atoms with Crippen LogP contribution in [0.5, 0.6) is 0 Å². The third-order valence-electron chi connectivity index (χ3n) is 4.99. The van der Waals surface area contributed by atoms with E-state index in [4.69, 9.17) is 5.73 Å². The van der Waals surface area contributed by atoms with Gasteiger partial charge in [-0.1, -0.05) is 12.1 Å². The predicted molar refractivity (Wildman–Crippen MR) is 89.0 cm³/mol. The highest BCUT2D eigenvalue weighted by Gasteiger charge is 2.33. The van der Waals surface area contributed by atoms with Gasteiger partial charge in [-0.2, -0.15) is 0 Å². The smallest absolute Gasteiger partial charge is 0.248 e. The summed E-state index contributed by atoms with van der Waals surface area (Å²) in [6, 6.07) is 8.52. The summed E-state index contributed by atoms with van der Waals surface area (Å²) in [7, 11) is 0. The quantitative estimate of drug-likeness (QED) is 0.741. The van der Waals surface area contributed by atoms with Crippen LogP contribution in [0.25, 0.3) is 0 Å². The molecule has 3 rings (SSSR count). The fourth-order valence-electron chi connectivity index (χ4n) is 3.90. The van der Waals surface area contributed by atoms with Crippen LogP contribution in [0.4, 0.5) is 0 Å². The summed E-state index contributed by atoms with van der Waals surface area (Å²) in [5.41, 5.74) is 6.81. The first kappa shape index (κ1) is 16.0. The highest BCUT2D eigenvalue weighted by atomic mass is 16.1. The number of nitrogens with one attached hydrogen (secondary N) is 2. The lowest BCUT2D eigenvalue weighted by atomic mass is 9.89. The van der Waals surface area contributed by atoms with Crippen molar-refractivity contribution in [1.82, 2.24) is 10.6 Å². The van der Waals surface area contributed by atoms with Crippen molar-refractivity contribution >= 4 is 11.8 Å². The molecule has 124 valence electrons. The van der Waals surface area contributed by atoms with Crippen molar-refractivity contribution in [1.29, 1.82) is 0 Å². The number of hydrogen-bond acceptors (Lipinski definition) is 3. The Bertz CT molecular complexity index is 575. The van der Waals surface area contributed by atoms with Crippen LogP contribution in [0, 0.1) is 5.92 Å². The number of nitrogens with two attached hydrogens (primary N) is 1. The molecule has 2 bridgehead atoms. The summed E-state index contributed by atoms with van der Waals surface area (Å²) < 4.78 is 0. The van der Waals surface area contributed by atoms with E-state index in [1.54, 1.807) is 12.1 Å². The Kier molecular flexibility index (Phi) is 4.96.